The molecule has 0 fully saturated rings. The summed E-state index contributed by atoms with van der Waals surface area (Å²) in [5, 5.41) is 6.87. The molecule has 0 amide bonds. The summed E-state index contributed by atoms with van der Waals surface area (Å²) in [5.41, 5.74) is 5.14. The van der Waals surface area contributed by atoms with E-state index in [0.29, 0.717) is 0 Å². The third-order valence-corrected chi connectivity index (χ3v) is 1.74. The van der Waals surface area contributed by atoms with Gasteiger partial charge in [-0.3, -0.25) is 0 Å². The topological polar surface area (TPSA) is 64.9 Å². The highest BCUT2D eigenvalue weighted by molar-refractivity contribution is 5.06. The fourth-order valence-corrected chi connectivity index (χ4v) is 0.949. The van der Waals surface area contributed by atoms with Crippen LogP contribution in [0.3, 0.4) is 0 Å². The number of halogens is 3. The third kappa shape index (κ3) is 3.23. The number of nitrogen functional groups attached to an aromatic ring is 1. The lowest BCUT2D eigenvalue weighted by Gasteiger charge is -2.08. The van der Waals surface area contributed by atoms with Crippen molar-refractivity contribution in [2.24, 2.45) is 0 Å². The Morgan fingerprint density at radius 3 is 2.50 bits per heavy atom. The molecule has 4 nitrogen and oxygen atoms in total. The van der Waals surface area contributed by atoms with Crippen LogP contribution >= 0.6 is 0 Å². The van der Waals surface area contributed by atoms with Gasteiger partial charge in [0, 0.05) is 12.3 Å². The molecule has 0 spiro atoms. The molecule has 7 heteroatoms. The first kappa shape index (κ1) is 10.8. The van der Waals surface area contributed by atoms with Crippen molar-refractivity contribution < 1.29 is 17.6 Å². The Hall–Kier alpha value is -1.27. The van der Waals surface area contributed by atoms with Gasteiger partial charge in [0.05, 0.1) is 0 Å². The molecule has 0 aliphatic heterocycles. The molecular weight excluding hydrogens is 199 g/mol. The molecule has 2 N–H and O–H groups in total. The minimum atomic E-state index is -4.15. The normalized spacial score (nSPS) is 14.3. The molecule has 14 heavy (non-hydrogen) atoms. The maximum Gasteiger partial charge on any atom is 0.389 e. The van der Waals surface area contributed by atoms with Crippen LogP contribution in [0.1, 0.15) is 31.6 Å². The van der Waals surface area contributed by atoms with E-state index in [1.165, 1.54) is 0 Å². The first-order valence-electron chi connectivity index (χ1n) is 4.04. The number of alkyl halides is 3. The molecule has 80 valence electrons. The Labute approximate surface area is 78.3 Å². The highest BCUT2D eigenvalue weighted by Gasteiger charge is 2.28. The highest BCUT2D eigenvalue weighted by atomic mass is 19.4. The van der Waals surface area contributed by atoms with E-state index in [4.69, 9.17) is 10.2 Å². The quantitative estimate of drug-likeness (QED) is 0.827. The van der Waals surface area contributed by atoms with E-state index in [2.05, 4.69) is 10.2 Å². The molecule has 0 bridgehead atoms. The van der Waals surface area contributed by atoms with Crippen molar-refractivity contribution in [1.82, 2.24) is 10.2 Å². The lowest BCUT2D eigenvalue weighted by molar-refractivity contribution is -0.136. The van der Waals surface area contributed by atoms with Gasteiger partial charge >= 0.3 is 12.2 Å². The minimum absolute atomic E-state index is 0.0782. The summed E-state index contributed by atoms with van der Waals surface area (Å²) in [5.74, 6) is -0.284. The van der Waals surface area contributed by atoms with Crippen LogP contribution in [-0.2, 0) is 0 Å². The van der Waals surface area contributed by atoms with Gasteiger partial charge in [0.2, 0.25) is 5.89 Å². The summed E-state index contributed by atoms with van der Waals surface area (Å²) >= 11 is 0. The van der Waals surface area contributed by atoms with E-state index in [-0.39, 0.29) is 18.3 Å². The van der Waals surface area contributed by atoms with E-state index < -0.39 is 18.5 Å². The van der Waals surface area contributed by atoms with Crippen LogP contribution in [0.15, 0.2) is 4.42 Å². The summed E-state index contributed by atoms with van der Waals surface area (Å²) in [6, 6.07) is -0.126. The molecule has 1 aromatic heterocycles. The largest absolute Gasteiger partial charge is 0.408 e. The van der Waals surface area contributed by atoms with Gasteiger partial charge in [-0.1, -0.05) is 12.0 Å². The first-order valence-corrected chi connectivity index (χ1v) is 4.04. The molecule has 1 rings (SSSR count). The Morgan fingerprint density at radius 2 is 2.07 bits per heavy atom. The molecule has 1 heterocycles. The number of rotatable bonds is 3. The van der Waals surface area contributed by atoms with Gasteiger partial charge in [-0.25, -0.2) is 0 Å². The zero-order valence-corrected chi connectivity index (χ0v) is 7.51. The van der Waals surface area contributed by atoms with Gasteiger partial charge in [-0.05, 0) is 6.42 Å². The van der Waals surface area contributed by atoms with E-state index in [9.17, 15) is 13.2 Å². The fraction of sp³-hybridized carbons (Fsp3) is 0.714. The summed E-state index contributed by atoms with van der Waals surface area (Å²) < 4.78 is 40.3. The molecular formula is C7H10F3N3O. The van der Waals surface area contributed by atoms with Crippen molar-refractivity contribution in [2.75, 3.05) is 5.73 Å². The van der Waals surface area contributed by atoms with E-state index in [1.807, 2.05) is 0 Å². The second kappa shape index (κ2) is 3.85. The Balaban J connectivity index is 2.47. The van der Waals surface area contributed by atoms with Crippen molar-refractivity contribution in [2.45, 2.75) is 31.9 Å². The summed E-state index contributed by atoms with van der Waals surface area (Å²) in [6.07, 6.45) is -5.10. The predicted octanol–water partition coefficient (Wildman–Crippen LogP) is 2.10. The van der Waals surface area contributed by atoms with Gasteiger partial charge in [0.25, 0.3) is 0 Å². The monoisotopic (exact) mass is 209 g/mol. The van der Waals surface area contributed by atoms with Gasteiger partial charge in [-0.15, -0.1) is 5.10 Å². The maximum absolute atomic E-state index is 11.8. The predicted molar refractivity (Wildman–Crippen MR) is 42.4 cm³/mol. The van der Waals surface area contributed by atoms with Crippen LogP contribution in [0.5, 0.6) is 0 Å². The number of nitrogens with two attached hydrogens (primary N) is 1. The van der Waals surface area contributed by atoms with Crippen LogP contribution in [0, 0.1) is 0 Å². The van der Waals surface area contributed by atoms with Crippen LogP contribution in [0.4, 0.5) is 19.2 Å². The maximum atomic E-state index is 11.8. The summed E-state index contributed by atoms with van der Waals surface area (Å²) in [6.45, 7) is 1.58. The average molecular weight is 209 g/mol. The summed E-state index contributed by atoms with van der Waals surface area (Å²) in [7, 11) is 0. The molecule has 0 aliphatic carbocycles. The van der Waals surface area contributed by atoms with Crippen LogP contribution < -0.4 is 5.73 Å². The second-order valence-electron chi connectivity index (χ2n) is 3.03. The van der Waals surface area contributed by atoms with Crippen molar-refractivity contribution in [3.8, 4) is 0 Å². The fourth-order valence-electron chi connectivity index (χ4n) is 0.949. The smallest absolute Gasteiger partial charge is 0.389 e. The van der Waals surface area contributed by atoms with Crippen molar-refractivity contribution in [3.05, 3.63) is 5.89 Å². The van der Waals surface area contributed by atoms with Gasteiger partial charge < -0.3 is 10.2 Å². The van der Waals surface area contributed by atoms with E-state index >= 15 is 0 Å². The molecule has 1 unspecified atom stereocenters. The Bertz CT molecular complexity index is 297. The van der Waals surface area contributed by atoms with E-state index in [1.54, 1.807) is 6.92 Å². The standard InChI is InChI=1S/C7H10F3N3O/c1-4(2-3-7(8,9)10)5-12-13-6(11)14-5/h4H,2-3H2,1H3,(H2,11,13). The van der Waals surface area contributed by atoms with Crippen molar-refractivity contribution >= 4 is 6.01 Å². The molecule has 1 atom stereocenters. The average Bonchev–Trinajstić information content (AvgIpc) is 2.46. The number of aromatic nitrogens is 2. The minimum Gasteiger partial charge on any atom is -0.408 e. The lowest BCUT2D eigenvalue weighted by atomic mass is 10.1. The number of nitrogens with zero attached hydrogens (tertiary/aromatic N) is 2. The molecule has 0 aromatic carbocycles. The molecule has 0 radical (unpaired) electrons. The zero-order valence-electron chi connectivity index (χ0n) is 7.51. The SMILES string of the molecule is CC(CCC(F)(F)F)c1nnc(N)o1. The first-order chi connectivity index (χ1) is 6.38. The number of hydrogen-bond donors (Lipinski definition) is 1. The lowest BCUT2D eigenvalue weighted by Crippen LogP contribution is -2.09. The number of hydrogen-bond acceptors (Lipinski definition) is 4. The molecule has 0 saturated heterocycles. The van der Waals surface area contributed by atoms with Crippen LogP contribution in [0.25, 0.3) is 0 Å². The van der Waals surface area contributed by atoms with Crippen molar-refractivity contribution in [3.63, 3.8) is 0 Å². The molecule has 1 aromatic rings. The zero-order chi connectivity index (χ0) is 10.8. The second-order valence-corrected chi connectivity index (χ2v) is 3.03. The molecule has 0 saturated carbocycles. The Morgan fingerprint density at radius 1 is 1.43 bits per heavy atom. The highest BCUT2D eigenvalue weighted by Crippen LogP contribution is 2.28. The summed E-state index contributed by atoms with van der Waals surface area (Å²) in [4.78, 5) is 0. The van der Waals surface area contributed by atoms with Gasteiger partial charge in [-0.2, -0.15) is 13.2 Å². The number of anilines is 1. The van der Waals surface area contributed by atoms with E-state index in [0.717, 1.165) is 0 Å². The molecule has 0 aliphatic rings. The van der Waals surface area contributed by atoms with Crippen LogP contribution in [0.2, 0.25) is 0 Å². The van der Waals surface area contributed by atoms with Gasteiger partial charge in [0.1, 0.15) is 0 Å². The Kier molecular flexibility index (Phi) is 2.97. The van der Waals surface area contributed by atoms with Gasteiger partial charge in [0.15, 0.2) is 0 Å². The van der Waals surface area contributed by atoms with Crippen molar-refractivity contribution in [1.29, 1.82) is 0 Å². The third-order valence-electron chi connectivity index (χ3n) is 1.74. The van der Waals surface area contributed by atoms with Crippen LogP contribution in [-0.4, -0.2) is 16.4 Å².